The Labute approximate surface area is 128 Å². The fourth-order valence-corrected chi connectivity index (χ4v) is 2.55. The van der Waals surface area contributed by atoms with Crippen LogP contribution in [0.1, 0.15) is 24.2 Å². The molecule has 1 amide bonds. The maximum atomic E-state index is 12.4. The second kappa shape index (κ2) is 7.31. The Morgan fingerprint density at radius 2 is 1.86 bits per heavy atom. The van der Waals surface area contributed by atoms with E-state index in [0.717, 1.165) is 18.8 Å². The Hall–Kier alpha value is -1.75. The first-order chi connectivity index (χ1) is 9.77. The van der Waals surface area contributed by atoms with Crippen molar-refractivity contribution in [2.24, 2.45) is 0 Å². The highest BCUT2D eigenvalue weighted by molar-refractivity contribution is 6.00. The van der Waals surface area contributed by atoms with Gasteiger partial charge in [0.25, 0.3) is 5.91 Å². The molecule has 0 aliphatic rings. The number of anilines is 2. The van der Waals surface area contributed by atoms with Gasteiger partial charge in [-0.2, -0.15) is 0 Å². The van der Waals surface area contributed by atoms with Gasteiger partial charge < -0.3 is 20.4 Å². The molecular weight excluding hydrogens is 264 g/mol. The van der Waals surface area contributed by atoms with E-state index in [-0.39, 0.29) is 5.91 Å². The Kier molecular flexibility index (Phi) is 6.03. The van der Waals surface area contributed by atoms with Crippen LogP contribution in [0.15, 0.2) is 18.2 Å². The maximum absolute atomic E-state index is 12.4. The molecule has 118 valence electrons. The van der Waals surface area contributed by atoms with Crippen molar-refractivity contribution < 1.29 is 4.79 Å². The number of benzene rings is 1. The van der Waals surface area contributed by atoms with E-state index in [1.165, 1.54) is 0 Å². The predicted octanol–water partition coefficient (Wildman–Crippen LogP) is 1.75. The number of likely N-dealkylation sites (N-methyl/N-ethyl adjacent to an activating group) is 2. The zero-order valence-corrected chi connectivity index (χ0v) is 14.1. The Balaban J connectivity index is 3.24. The molecule has 0 aliphatic carbocycles. The van der Waals surface area contributed by atoms with Gasteiger partial charge in [0.05, 0.1) is 11.3 Å². The number of nitrogen functional groups attached to an aromatic ring is 1. The smallest absolute Gasteiger partial charge is 0.255 e. The normalized spacial score (nSPS) is 12.3. The van der Waals surface area contributed by atoms with Gasteiger partial charge in [-0.15, -0.1) is 0 Å². The van der Waals surface area contributed by atoms with Gasteiger partial charge in [0.15, 0.2) is 0 Å². The molecule has 1 unspecified atom stereocenters. The molecular formula is C16H28N4O. The summed E-state index contributed by atoms with van der Waals surface area (Å²) in [6.45, 7) is 6.00. The standard InChI is InChI=1S/C16H28N4O/c1-7-20(12(2)11-18(3)4)15-10-13(17)8-9-14(15)16(21)19(5)6/h8-10,12H,7,11,17H2,1-6H3. The van der Waals surface area contributed by atoms with Crippen molar-refractivity contribution in [3.63, 3.8) is 0 Å². The summed E-state index contributed by atoms with van der Waals surface area (Å²) in [7, 11) is 7.63. The van der Waals surface area contributed by atoms with Gasteiger partial charge in [-0.1, -0.05) is 0 Å². The van der Waals surface area contributed by atoms with Crippen molar-refractivity contribution >= 4 is 17.3 Å². The van der Waals surface area contributed by atoms with E-state index in [1.807, 2.05) is 12.1 Å². The van der Waals surface area contributed by atoms with Crippen molar-refractivity contribution in [3.05, 3.63) is 23.8 Å². The Bertz CT molecular complexity index is 485. The third-order valence-corrected chi connectivity index (χ3v) is 3.47. The topological polar surface area (TPSA) is 52.8 Å². The van der Waals surface area contributed by atoms with Crippen LogP contribution >= 0.6 is 0 Å². The lowest BCUT2D eigenvalue weighted by Crippen LogP contribution is -2.41. The average molecular weight is 292 g/mol. The van der Waals surface area contributed by atoms with Gasteiger partial charge in [-0.3, -0.25) is 4.79 Å². The number of amides is 1. The van der Waals surface area contributed by atoms with E-state index in [0.29, 0.717) is 17.3 Å². The largest absolute Gasteiger partial charge is 0.399 e. The first kappa shape index (κ1) is 17.3. The summed E-state index contributed by atoms with van der Waals surface area (Å²) in [6, 6.07) is 5.79. The molecule has 0 spiro atoms. The minimum absolute atomic E-state index is 0.000466. The summed E-state index contributed by atoms with van der Waals surface area (Å²) in [5, 5.41) is 0. The summed E-state index contributed by atoms with van der Waals surface area (Å²) >= 11 is 0. The molecule has 5 nitrogen and oxygen atoms in total. The third-order valence-electron chi connectivity index (χ3n) is 3.47. The lowest BCUT2D eigenvalue weighted by atomic mass is 10.1. The van der Waals surface area contributed by atoms with Crippen LogP contribution in [-0.2, 0) is 0 Å². The molecule has 2 N–H and O–H groups in total. The zero-order valence-electron chi connectivity index (χ0n) is 14.1. The number of hydrogen-bond donors (Lipinski definition) is 1. The number of nitrogens with two attached hydrogens (primary N) is 1. The number of rotatable bonds is 6. The van der Waals surface area contributed by atoms with Crippen molar-refractivity contribution in [3.8, 4) is 0 Å². The first-order valence-electron chi connectivity index (χ1n) is 7.30. The van der Waals surface area contributed by atoms with E-state index in [1.54, 1.807) is 25.1 Å². The van der Waals surface area contributed by atoms with Crippen LogP contribution in [0, 0.1) is 0 Å². The van der Waals surface area contributed by atoms with E-state index in [9.17, 15) is 4.79 Å². The van der Waals surface area contributed by atoms with Gasteiger partial charge in [0, 0.05) is 38.9 Å². The lowest BCUT2D eigenvalue weighted by molar-refractivity contribution is 0.0828. The molecule has 0 radical (unpaired) electrons. The van der Waals surface area contributed by atoms with Crippen molar-refractivity contribution in [1.29, 1.82) is 0 Å². The van der Waals surface area contributed by atoms with Crippen LogP contribution in [0.3, 0.4) is 0 Å². The van der Waals surface area contributed by atoms with Crippen LogP contribution in [-0.4, -0.2) is 63.0 Å². The Morgan fingerprint density at radius 3 is 2.33 bits per heavy atom. The molecule has 0 aromatic heterocycles. The van der Waals surface area contributed by atoms with Crippen molar-refractivity contribution in [1.82, 2.24) is 9.80 Å². The van der Waals surface area contributed by atoms with Crippen molar-refractivity contribution in [2.75, 3.05) is 51.9 Å². The van der Waals surface area contributed by atoms with Gasteiger partial charge in [-0.05, 0) is 46.1 Å². The molecule has 0 heterocycles. The maximum Gasteiger partial charge on any atom is 0.255 e. The molecule has 21 heavy (non-hydrogen) atoms. The summed E-state index contributed by atoms with van der Waals surface area (Å²) < 4.78 is 0. The minimum atomic E-state index is 0.000466. The fraction of sp³-hybridized carbons (Fsp3) is 0.562. The van der Waals surface area contributed by atoms with Gasteiger partial charge in [-0.25, -0.2) is 0 Å². The molecule has 1 aromatic rings. The van der Waals surface area contributed by atoms with Gasteiger partial charge in [0.1, 0.15) is 0 Å². The lowest BCUT2D eigenvalue weighted by Gasteiger charge is -2.33. The second-order valence-electron chi connectivity index (χ2n) is 5.87. The number of carbonyl (C=O) groups is 1. The monoisotopic (exact) mass is 292 g/mol. The zero-order chi connectivity index (χ0) is 16.2. The van der Waals surface area contributed by atoms with Gasteiger partial charge >= 0.3 is 0 Å². The van der Waals surface area contributed by atoms with E-state index >= 15 is 0 Å². The number of hydrogen-bond acceptors (Lipinski definition) is 4. The first-order valence-corrected chi connectivity index (χ1v) is 7.30. The average Bonchev–Trinajstić information content (AvgIpc) is 2.38. The highest BCUT2D eigenvalue weighted by Crippen LogP contribution is 2.26. The second-order valence-corrected chi connectivity index (χ2v) is 5.87. The molecule has 0 saturated heterocycles. The Morgan fingerprint density at radius 1 is 1.24 bits per heavy atom. The summed E-state index contributed by atoms with van der Waals surface area (Å²) in [5.74, 6) is 0.000466. The summed E-state index contributed by atoms with van der Waals surface area (Å²) in [6.07, 6.45) is 0. The fourth-order valence-electron chi connectivity index (χ4n) is 2.55. The molecule has 1 atom stereocenters. The van der Waals surface area contributed by atoms with E-state index in [4.69, 9.17) is 5.73 Å². The summed E-state index contributed by atoms with van der Waals surface area (Å²) in [5.41, 5.74) is 8.22. The third kappa shape index (κ3) is 4.36. The molecule has 1 rings (SSSR count). The molecule has 1 aromatic carbocycles. The van der Waals surface area contributed by atoms with Crippen molar-refractivity contribution in [2.45, 2.75) is 19.9 Å². The van der Waals surface area contributed by atoms with Crippen LogP contribution in [0.2, 0.25) is 0 Å². The number of nitrogens with zero attached hydrogens (tertiary/aromatic N) is 3. The van der Waals surface area contributed by atoms with E-state index < -0.39 is 0 Å². The summed E-state index contributed by atoms with van der Waals surface area (Å²) in [4.78, 5) is 18.4. The molecule has 0 saturated carbocycles. The van der Waals surface area contributed by atoms with Crippen LogP contribution in [0.5, 0.6) is 0 Å². The SMILES string of the molecule is CCN(c1cc(N)ccc1C(=O)N(C)C)C(C)CN(C)C. The highest BCUT2D eigenvalue weighted by atomic mass is 16.2. The number of carbonyl (C=O) groups excluding carboxylic acids is 1. The highest BCUT2D eigenvalue weighted by Gasteiger charge is 2.21. The molecule has 0 bridgehead atoms. The molecule has 5 heteroatoms. The molecule has 0 aliphatic heterocycles. The molecule has 0 fully saturated rings. The van der Waals surface area contributed by atoms with Crippen LogP contribution in [0.25, 0.3) is 0 Å². The van der Waals surface area contributed by atoms with Gasteiger partial charge in [0.2, 0.25) is 0 Å². The predicted molar refractivity (Wildman–Crippen MR) is 89.9 cm³/mol. The minimum Gasteiger partial charge on any atom is -0.399 e. The quantitative estimate of drug-likeness (QED) is 0.812. The van der Waals surface area contributed by atoms with Crippen LogP contribution in [0.4, 0.5) is 11.4 Å². The van der Waals surface area contributed by atoms with Crippen LogP contribution < -0.4 is 10.6 Å². The van der Waals surface area contributed by atoms with E-state index in [2.05, 4.69) is 37.7 Å².